The Kier molecular flexibility index (Phi) is 5.22. The van der Waals surface area contributed by atoms with Crippen LogP contribution in [0.5, 0.6) is 0 Å². The largest absolute Gasteiger partial charge is 0.481 e. The van der Waals surface area contributed by atoms with Crippen molar-refractivity contribution in [3.8, 4) is 0 Å². The van der Waals surface area contributed by atoms with E-state index in [2.05, 4.69) is 16.8 Å². The maximum absolute atomic E-state index is 11.3. The molecule has 1 saturated carbocycles. The number of hydrogen-bond donors (Lipinski definition) is 1. The number of nitrogens with zero attached hydrogens (tertiary/aromatic N) is 2. The van der Waals surface area contributed by atoms with Gasteiger partial charge in [0.05, 0.1) is 6.42 Å². The van der Waals surface area contributed by atoms with Crippen molar-refractivity contribution in [2.24, 2.45) is 0 Å². The third-order valence-corrected chi connectivity index (χ3v) is 4.94. The topological polar surface area (TPSA) is 43.8 Å². The number of rotatable bonds is 3. The molecule has 0 spiro atoms. The van der Waals surface area contributed by atoms with E-state index >= 15 is 0 Å². The van der Waals surface area contributed by atoms with E-state index in [9.17, 15) is 9.90 Å². The van der Waals surface area contributed by atoms with Gasteiger partial charge in [-0.15, -0.1) is 0 Å². The van der Waals surface area contributed by atoms with Gasteiger partial charge in [-0.1, -0.05) is 32.1 Å². The van der Waals surface area contributed by atoms with Crippen molar-refractivity contribution in [2.75, 3.05) is 33.2 Å². The molecule has 0 aromatic rings. The summed E-state index contributed by atoms with van der Waals surface area (Å²) in [6.45, 7) is 4.20. The van der Waals surface area contributed by atoms with E-state index in [-0.39, 0.29) is 5.54 Å². The number of likely N-dealkylation sites (N-methyl/N-ethyl adjacent to an activating group) is 1. The Morgan fingerprint density at radius 2 is 1.53 bits per heavy atom. The highest BCUT2D eigenvalue weighted by Crippen LogP contribution is 2.35. The lowest BCUT2D eigenvalue weighted by molar-refractivity contribution is -0.141. The van der Waals surface area contributed by atoms with Gasteiger partial charge in [0, 0.05) is 31.7 Å². The van der Waals surface area contributed by atoms with E-state index in [1.165, 1.54) is 32.1 Å². The number of carbonyl (C=O) groups is 1. The van der Waals surface area contributed by atoms with Gasteiger partial charge < -0.3 is 10.0 Å². The van der Waals surface area contributed by atoms with E-state index in [0.717, 1.165) is 39.0 Å². The second-order valence-electron chi connectivity index (χ2n) is 6.35. The van der Waals surface area contributed by atoms with Gasteiger partial charge in [-0.25, -0.2) is 0 Å². The minimum Gasteiger partial charge on any atom is -0.481 e. The molecule has 19 heavy (non-hydrogen) atoms. The average molecular weight is 268 g/mol. The zero-order valence-electron chi connectivity index (χ0n) is 12.2. The van der Waals surface area contributed by atoms with E-state index in [1.807, 2.05) is 0 Å². The van der Waals surface area contributed by atoms with Crippen LogP contribution in [-0.4, -0.2) is 59.6 Å². The molecule has 1 aliphatic heterocycles. The number of carboxylic acids is 1. The molecule has 0 atom stereocenters. The summed E-state index contributed by atoms with van der Waals surface area (Å²) in [4.78, 5) is 16.2. The number of piperazine rings is 1. The summed E-state index contributed by atoms with van der Waals surface area (Å²) < 4.78 is 0. The van der Waals surface area contributed by atoms with Crippen molar-refractivity contribution in [1.29, 1.82) is 0 Å². The summed E-state index contributed by atoms with van der Waals surface area (Å²) in [5, 5.41) is 9.34. The van der Waals surface area contributed by atoms with E-state index in [4.69, 9.17) is 0 Å². The van der Waals surface area contributed by atoms with Crippen LogP contribution in [0.3, 0.4) is 0 Å². The smallest absolute Gasteiger partial charge is 0.305 e. The first-order valence-electron chi connectivity index (χ1n) is 7.78. The second kappa shape index (κ2) is 6.71. The van der Waals surface area contributed by atoms with Gasteiger partial charge in [0.2, 0.25) is 0 Å². The van der Waals surface area contributed by atoms with Crippen molar-refractivity contribution in [1.82, 2.24) is 9.80 Å². The quantitative estimate of drug-likeness (QED) is 0.852. The average Bonchev–Trinajstić information content (AvgIpc) is 2.33. The Hall–Kier alpha value is -0.610. The first kappa shape index (κ1) is 14.8. The Morgan fingerprint density at radius 3 is 2.05 bits per heavy atom. The summed E-state index contributed by atoms with van der Waals surface area (Å²) in [5.41, 5.74) is -0.0620. The zero-order chi connectivity index (χ0) is 13.7. The van der Waals surface area contributed by atoms with Crippen LogP contribution >= 0.6 is 0 Å². The Balaban J connectivity index is 2.09. The minimum absolute atomic E-state index is 0.0620. The molecule has 4 nitrogen and oxygen atoms in total. The molecule has 0 unspecified atom stereocenters. The van der Waals surface area contributed by atoms with Gasteiger partial charge in [0.1, 0.15) is 0 Å². The predicted molar refractivity (Wildman–Crippen MR) is 76.4 cm³/mol. The minimum atomic E-state index is -0.625. The van der Waals surface area contributed by atoms with Gasteiger partial charge in [-0.2, -0.15) is 0 Å². The van der Waals surface area contributed by atoms with Gasteiger partial charge >= 0.3 is 5.97 Å². The molecule has 2 rings (SSSR count). The fourth-order valence-electron chi connectivity index (χ4n) is 3.73. The summed E-state index contributed by atoms with van der Waals surface area (Å²) in [6, 6.07) is 0. The third-order valence-electron chi connectivity index (χ3n) is 4.94. The molecule has 0 radical (unpaired) electrons. The maximum atomic E-state index is 11.3. The normalized spacial score (nSPS) is 26.6. The molecular formula is C15H28N2O2. The van der Waals surface area contributed by atoms with Crippen molar-refractivity contribution in [2.45, 2.75) is 56.9 Å². The lowest BCUT2D eigenvalue weighted by atomic mass is 9.79. The molecule has 1 saturated heterocycles. The second-order valence-corrected chi connectivity index (χ2v) is 6.35. The van der Waals surface area contributed by atoms with E-state index < -0.39 is 5.97 Å². The van der Waals surface area contributed by atoms with Gasteiger partial charge in [0.25, 0.3) is 0 Å². The summed E-state index contributed by atoms with van der Waals surface area (Å²) in [5.74, 6) is -0.625. The van der Waals surface area contributed by atoms with Crippen LogP contribution in [-0.2, 0) is 4.79 Å². The molecule has 0 bridgehead atoms. The Bertz CT molecular complexity index is 291. The van der Waals surface area contributed by atoms with Gasteiger partial charge in [0.15, 0.2) is 0 Å². The molecule has 4 heteroatoms. The van der Waals surface area contributed by atoms with Gasteiger partial charge in [-0.3, -0.25) is 9.69 Å². The number of carboxylic acid groups (broad SMARTS) is 1. The number of hydrogen-bond acceptors (Lipinski definition) is 3. The van der Waals surface area contributed by atoms with Crippen molar-refractivity contribution < 1.29 is 9.90 Å². The third kappa shape index (κ3) is 3.93. The van der Waals surface area contributed by atoms with Crippen LogP contribution in [0.25, 0.3) is 0 Å². The molecule has 2 fully saturated rings. The lowest BCUT2D eigenvalue weighted by Crippen LogP contribution is -2.57. The van der Waals surface area contributed by atoms with Crippen LogP contribution in [0.1, 0.15) is 51.4 Å². The summed E-state index contributed by atoms with van der Waals surface area (Å²) >= 11 is 0. The number of aliphatic carboxylic acids is 1. The van der Waals surface area contributed by atoms with Crippen LogP contribution < -0.4 is 0 Å². The molecule has 0 aromatic heterocycles. The van der Waals surface area contributed by atoms with Crippen LogP contribution in [0.15, 0.2) is 0 Å². The highest BCUT2D eigenvalue weighted by Gasteiger charge is 2.39. The van der Waals surface area contributed by atoms with Crippen molar-refractivity contribution >= 4 is 5.97 Å². The summed E-state index contributed by atoms with van der Waals surface area (Å²) in [6.07, 6.45) is 8.73. The SMILES string of the molecule is CN1CCN(C2(CC(=O)O)CCCCCCC2)CC1. The predicted octanol–water partition coefficient (Wildman–Crippen LogP) is 2.19. The molecule has 0 aromatic carbocycles. The molecule has 1 aliphatic carbocycles. The maximum Gasteiger partial charge on any atom is 0.305 e. The van der Waals surface area contributed by atoms with Crippen LogP contribution in [0.4, 0.5) is 0 Å². The van der Waals surface area contributed by atoms with Crippen molar-refractivity contribution in [3.05, 3.63) is 0 Å². The molecule has 1 N–H and O–H groups in total. The first-order chi connectivity index (χ1) is 9.12. The monoisotopic (exact) mass is 268 g/mol. The van der Waals surface area contributed by atoms with Crippen molar-refractivity contribution in [3.63, 3.8) is 0 Å². The molecule has 2 aliphatic rings. The lowest BCUT2D eigenvalue weighted by Gasteiger charge is -2.48. The zero-order valence-corrected chi connectivity index (χ0v) is 12.2. The standard InChI is InChI=1S/C15H28N2O2/c1-16-9-11-17(12-10-16)15(13-14(18)19)7-5-3-2-4-6-8-15/h2-13H2,1H3,(H,18,19). The fourth-order valence-corrected chi connectivity index (χ4v) is 3.73. The van der Waals surface area contributed by atoms with E-state index in [0.29, 0.717) is 6.42 Å². The molecule has 110 valence electrons. The highest BCUT2D eigenvalue weighted by atomic mass is 16.4. The van der Waals surface area contributed by atoms with Gasteiger partial charge in [-0.05, 0) is 19.9 Å². The van der Waals surface area contributed by atoms with Crippen LogP contribution in [0, 0.1) is 0 Å². The molecule has 1 heterocycles. The highest BCUT2D eigenvalue weighted by molar-refractivity contribution is 5.68. The first-order valence-corrected chi connectivity index (χ1v) is 7.78. The summed E-state index contributed by atoms with van der Waals surface area (Å²) in [7, 11) is 2.15. The molecular weight excluding hydrogens is 240 g/mol. The van der Waals surface area contributed by atoms with E-state index in [1.54, 1.807) is 0 Å². The van der Waals surface area contributed by atoms with Crippen LogP contribution in [0.2, 0.25) is 0 Å². The Labute approximate surface area is 116 Å². The fraction of sp³-hybridized carbons (Fsp3) is 0.933. The Morgan fingerprint density at radius 1 is 1.00 bits per heavy atom. The molecule has 0 amide bonds.